The summed E-state index contributed by atoms with van der Waals surface area (Å²) in [5.41, 5.74) is 1.12. The summed E-state index contributed by atoms with van der Waals surface area (Å²) >= 11 is 0. The predicted molar refractivity (Wildman–Crippen MR) is 107 cm³/mol. The van der Waals surface area contributed by atoms with Gasteiger partial charge in [-0.25, -0.2) is 4.79 Å². The lowest BCUT2D eigenvalue weighted by Crippen LogP contribution is -2.45. The molecule has 0 radical (unpaired) electrons. The van der Waals surface area contributed by atoms with E-state index in [1.165, 1.54) is 4.90 Å². The zero-order chi connectivity index (χ0) is 20.6. The van der Waals surface area contributed by atoms with Crippen LogP contribution in [0.15, 0.2) is 24.3 Å². The van der Waals surface area contributed by atoms with Gasteiger partial charge < -0.3 is 14.5 Å². The largest absolute Gasteiger partial charge is 0.497 e. The molecule has 7 nitrogen and oxygen atoms in total. The van der Waals surface area contributed by atoms with Gasteiger partial charge in [0, 0.05) is 32.6 Å². The van der Waals surface area contributed by atoms with Gasteiger partial charge in [0.05, 0.1) is 7.11 Å². The number of piperidine rings is 1. The average molecular weight is 399 g/mol. The van der Waals surface area contributed by atoms with E-state index in [4.69, 9.17) is 4.74 Å². The lowest BCUT2D eigenvalue weighted by Gasteiger charge is -2.39. The highest BCUT2D eigenvalue weighted by Crippen LogP contribution is 2.46. The number of benzene rings is 1. The van der Waals surface area contributed by atoms with Crippen molar-refractivity contribution in [3.05, 3.63) is 29.8 Å². The molecule has 0 aromatic heterocycles. The SMILES string of the molecule is CCN1C(=O)C2CC3(CCN(C(=O)CCc4ccc(OC)cc4)CC3)CN2C1=O. The number of nitrogens with zero attached hydrogens (tertiary/aromatic N) is 3. The molecular formula is C22H29N3O4. The number of carbonyl (C=O) groups excluding carboxylic acids is 3. The molecule has 3 saturated heterocycles. The molecule has 3 fully saturated rings. The Morgan fingerprint density at radius 3 is 2.45 bits per heavy atom. The number of hydrogen-bond donors (Lipinski definition) is 0. The van der Waals surface area contributed by atoms with E-state index in [0.717, 1.165) is 37.0 Å². The fraction of sp³-hybridized carbons (Fsp3) is 0.591. The van der Waals surface area contributed by atoms with Crippen LogP contribution in [0, 0.1) is 5.41 Å². The topological polar surface area (TPSA) is 70.2 Å². The van der Waals surface area contributed by atoms with E-state index in [0.29, 0.717) is 32.6 Å². The average Bonchev–Trinajstić information content (AvgIpc) is 3.21. The number of amides is 4. The maximum absolute atomic E-state index is 12.7. The Labute approximate surface area is 171 Å². The Bertz CT molecular complexity index is 773. The second-order valence-corrected chi connectivity index (χ2v) is 8.44. The van der Waals surface area contributed by atoms with Crippen LogP contribution in [-0.4, -0.2) is 71.9 Å². The van der Waals surface area contributed by atoms with Crippen LogP contribution in [0.2, 0.25) is 0 Å². The number of rotatable bonds is 5. The van der Waals surface area contributed by atoms with Gasteiger partial charge in [0.1, 0.15) is 11.8 Å². The summed E-state index contributed by atoms with van der Waals surface area (Å²) < 4.78 is 5.17. The van der Waals surface area contributed by atoms with Crippen molar-refractivity contribution in [1.82, 2.24) is 14.7 Å². The molecule has 1 unspecified atom stereocenters. The van der Waals surface area contributed by atoms with Crippen molar-refractivity contribution in [2.45, 2.75) is 45.1 Å². The quantitative estimate of drug-likeness (QED) is 0.713. The van der Waals surface area contributed by atoms with Crippen LogP contribution >= 0.6 is 0 Å². The highest BCUT2D eigenvalue weighted by atomic mass is 16.5. The first-order chi connectivity index (χ1) is 14.0. The fourth-order valence-corrected chi connectivity index (χ4v) is 4.99. The van der Waals surface area contributed by atoms with E-state index < -0.39 is 0 Å². The van der Waals surface area contributed by atoms with Crippen molar-refractivity contribution in [3.8, 4) is 5.75 Å². The Morgan fingerprint density at radius 2 is 1.86 bits per heavy atom. The zero-order valence-corrected chi connectivity index (χ0v) is 17.2. The number of methoxy groups -OCH3 is 1. The smallest absolute Gasteiger partial charge is 0.327 e. The number of carbonyl (C=O) groups is 3. The second-order valence-electron chi connectivity index (χ2n) is 8.44. The van der Waals surface area contributed by atoms with Crippen LogP contribution in [0.25, 0.3) is 0 Å². The van der Waals surface area contributed by atoms with Crippen LogP contribution in [0.5, 0.6) is 5.75 Å². The summed E-state index contributed by atoms with van der Waals surface area (Å²) in [4.78, 5) is 42.6. The molecule has 3 heterocycles. The van der Waals surface area contributed by atoms with Gasteiger partial charge in [-0.3, -0.25) is 14.5 Å². The summed E-state index contributed by atoms with van der Waals surface area (Å²) in [5.74, 6) is 0.948. The van der Waals surface area contributed by atoms with Gasteiger partial charge in [0.2, 0.25) is 5.91 Å². The van der Waals surface area contributed by atoms with Gasteiger partial charge >= 0.3 is 6.03 Å². The number of likely N-dealkylation sites (tertiary alicyclic amines) is 1. The van der Waals surface area contributed by atoms with E-state index in [2.05, 4.69) is 0 Å². The summed E-state index contributed by atoms with van der Waals surface area (Å²) in [7, 11) is 1.64. The molecule has 29 heavy (non-hydrogen) atoms. The Hall–Kier alpha value is -2.57. The van der Waals surface area contributed by atoms with Crippen LogP contribution in [0.3, 0.4) is 0 Å². The fourth-order valence-electron chi connectivity index (χ4n) is 4.99. The maximum atomic E-state index is 12.7. The molecule has 0 N–H and O–H groups in total. The molecule has 3 aliphatic rings. The number of fused-ring (bicyclic) bond motifs is 1. The minimum Gasteiger partial charge on any atom is -0.497 e. The van der Waals surface area contributed by atoms with Gasteiger partial charge in [0.15, 0.2) is 0 Å². The van der Waals surface area contributed by atoms with Crippen molar-refractivity contribution >= 4 is 17.8 Å². The highest BCUT2D eigenvalue weighted by Gasteiger charge is 2.56. The predicted octanol–water partition coefficient (Wildman–Crippen LogP) is 2.29. The summed E-state index contributed by atoms with van der Waals surface area (Å²) in [6.07, 6.45) is 3.68. The van der Waals surface area contributed by atoms with Crippen molar-refractivity contribution in [2.75, 3.05) is 33.3 Å². The van der Waals surface area contributed by atoms with Gasteiger partial charge in [-0.2, -0.15) is 0 Å². The van der Waals surface area contributed by atoms with Gasteiger partial charge in [-0.15, -0.1) is 0 Å². The number of hydrogen-bond acceptors (Lipinski definition) is 4. The minimum absolute atomic E-state index is 0.0113. The molecule has 1 spiro atoms. The first kappa shape index (κ1) is 19.7. The van der Waals surface area contributed by atoms with Crippen molar-refractivity contribution < 1.29 is 19.1 Å². The van der Waals surface area contributed by atoms with Crippen LogP contribution in [-0.2, 0) is 16.0 Å². The summed E-state index contributed by atoms with van der Waals surface area (Å²) in [6, 6.07) is 7.39. The first-order valence-electron chi connectivity index (χ1n) is 10.5. The minimum atomic E-state index is -0.292. The molecule has 7 heteroatoms. The van der Waals surface area contributed by atoms with Crippen molar-refractivity contribution in [3.63, 3.8) is 0 Å². The number of imide groups is 1. The van der Waals surface area contributed by atoms with E-state index in [1.54, 1.807) is 12.0 Å². The molecule has 0 saturated carbocycles. The van der Waals surface area contributed by atoms with Crippen LogP contribution < -0.4 is 4.74 Å². The monoisotopic (exact) mass is 399 g/mol. The molecule has 1 aromatic rings. The molecular weight excluding hydrogens is 370 g/mol. The molecule has 1 aromatic carbocycles. The highest BCUT2D eigenvalue weighted by molar-refractivity contribution is 6.04. The maximum Gasteiger partial charge on any atom is 0.327 e. The third kappa shape index (κ3) is 3.58. The van der Waals surface area contributed by atoms with Gasteiger partial charge in [-0.05, 0) is 55.7 Å². The van der Waals surface area contributed by atoms with Crippen molar-refractivity contribution in [1.29, 1.82) is 0 Å². The number of likely N-dealkylation sites (N-methyl/N-ethyl adjacent to an activating group) is 1. The summed E-state index contributed by atoms with van der Waals surface area (Å²) in [5, 5.41) is 0. The molecule has 156 valence electrons. The molecule has 4 rings (SSSR count). The third-order valence-corrected chi connectivity index (χ3v) is 6.82. The number of aryl methyl sites for hydroxylation is 1. The summed E-state index contributed by atoms with van der Waals surface area (Å²) in [6.45, 7) is 4.34. The molecule has 0 aliphatic carbocycles. The number of urea groups is 1. The van der Waals surface area contributed by atoms with Gasteiger partial charge in [-0.1, -0.05) is 12.1 Å². The second kappa shape index (κ2) is 7.69. The van der Waals surface area contributed by atoms with E-state index in [9.17, 15) is 14.4 Å². The molecule has 0 bridgehead atoms. The van der Waals surface area contributed by atoms with Crippen LogP contribution in [0.1, 0.15) is 38.2 Å². The van der Waals surface area contributed by atoms with Crippen LogP contribution in [0.4, 0.5) is 4.79 Å². The lowest BCUT2D eigenvalue weighted by molar-refractivity contribution is -0.134. The lowest BCUT2D eigenvalue weighted by atomic mass is 9.76. The Balaban J connectivity index is 1.29. The third-order valence-electron chi connectivity index (χ3n) is 6.82. The molecule has 3 aliphatic heterocycles. The number of ether oxygens (including phenoxy) is 1. The van der Waals surface area contributed by atoms with Gasteiger partial charge in [0.25, 0.3) is 5.91 Å². The van der Waals surface area contributed by atoms with E-state index >= 15 is 0 Å². The normalized spacial score (nSPS) is 23.1. The standard InChI is InChI=1S/C22H29N3O4/c1-3-24-20(27)18-14-22(15-25(18)21(24)28)10-12-23(13-11-22)19(26)9-6-16-4-7-17(29-2)8-5-16/h4-5,7-8,18H,3,6,9-15H2,1-2H3. The van der Waals surface area contributed by atoms with Crippen molar-refractivity contribution in [2.24, 2.45) is 5.41 Å². The van der Waals surface area contributed by atoms with E-state index in [1.807, 2.05) is 36.1 Å². The molecule has 4 amide bonds. The Morgan fingerprint density at radius 1 is 1.17 bits per heavy atom. The first-order valence-corrected chi connectivity index (χ1v) is 10.5. The molecule has 1 atom stereocenters. The zero-order valence-electron chi connectivity index (χ0n) is 17.2. The van der Waals surface area contributed by atoms with E-state index in [-0.39, 0.29) is 29.3 Å². The Kier molecular flexibility index (Phi) is 5.23.